The Labute approximate surface area is 102 Å². The monoisotopic (exact) mass is 246 g/mol. The zero-order valence-corrected chi connectivity index (χ0v) is 9.62. The number of benzene rings is 1. The molecule has 0 N–H and O–H groups in total. The molecule has 0 saturated carbocycles. The first kappa shape index (κ1) is 12.0. The van der Waals surface area contributed by atoms with Crippen LogP contribution in [0.25, 0.3) is 10.9 Å². The number of rotatable bonds is 3. The Morgan fingerprint density at radius 1 is 1.44 bits per heavy atom. The molecule has 92 valence electrons. The Hall–Kier alpha value is -2.50. The largest absolute Gasteiger partial charge is 0.461 e. The fourth-order valence-electron chi connectivity index (χ4n) is 1.67. The van der Waals surface area contributed by atoms with E-state index in [-0.39, 0.29) is 12.3 Å². The highest BCUT2D eigenvalue weighted by Crippen LogP contribution is 2.26. The van der Waals surface area contributed by atoms with Crippen molar-refractivity contribution in [2.75, 3.05) is 0 Å². The van der Waals surface area contributed by atoms with Crippen molar-refractivity contribution in [1.82, 2.24) is 4.98 Å². The normalized spacial score (nSPS) is 10.3. The first-order valence-corrected chi connectivity index (χ1v) is 5.24. The van der Waals surface area contributed by atoms with Gasteiger partial charge in [0.1, 0.15) is 6.61 Å². The highest BCUT2D eigenvalue weighted by atomic mass is 16.6. The maximum Gasteiger partial charge on any atom is 0.302 e. The van der Waals surface area contributed by atoms with Crippen LogP contribution >= 0.6 is 0 Å². The summed E-state index contributed by atoms with van der Waals surface area (Å²) in [4.78, 5) is 25.3. The van der Waals surface area contributed by atoms with Crippen molar-refractivity contribution in [3.05, 3.63) is 46.1 Å². The van der Waals surface area contributed by atoms with Crippen LogP contribution < -0.4 is 0 Å². The van der Waals surface area contributed by atoms with Crippen molar-refractivity contribution in [2.45, 2.75) is 13.5 Å². The van der Waals surface area contributed by atoms with E-state index in [1.807, 2.05) is 0 Å². The zero-order valence-electron chi connectivity index (χ0n) is 9.62. The molecule has 18 heavy (non-hydrogen) atoms. The van der Waals surface area contributed by atoms with Crippen molar-refractivity contribution in [1.29, 1.82) is 0 Å². The van der Waals surface area contributed by atoms with Gasteiger partial charge in [0, 0.05) is 24.8 Å². The number of carbonyl (C=O) groups is 1. The van der Waals surface area contributed by atoms with Crippen molar-refractivity contribution < 1.29 is 14.5 Å². The van der Waals surface area contributed by atoms with Gasteiger partial charge in [0.2, 0.25) is 0 Å². The van der Waals surface area contributed by atoms with Crippen LogP contribution in [0, 0.1) is 10.1 Å². The molecule has 6 heteroatoms. The molecule has 6 nitrogen and oxygen atoms in total. The fourth-order valence-corrected chi connectivity index (χ4v) is 1.67. The van der Waals surface area contributed by atoms with Crippen molar-refractivity contribution in [3.63, 3.8) is 0 Å². The number of nitrogens with zero attached hydrogens (tertiary/aromatic N) is 2. The summed E-state index contributed by atoms with van der Waals surface area (Å²) in [5.74, 6) is -0.405. The van der Waals surface area contributed by atoms with Gasteiger partial charge in [0.05, 0.1) is 15.8 Å². The molecular weight excluding hydrogens is 236 g/mol. The number of carbonyl (C=O) groups excluding carboxylic acids is 1. The Kier molecular flexibility index (Phi) is 3.18. The molecule has 1 heterocycles. The van der Waals surface area contributed by atoms with Crippen LogP contribution in [0.5, 0.6) is 0 Å². The molecule has 0 atom stereocenters. The molecule has 0 amide bonds. The summed E-state index contributed by atoms with van der Waals surface area (Å²) in [6.45, 7) is 1.36. The summed E-state index contributed by atoms with van der Waals surface area (Å²) in [6, 6.07) is 6.20. The number of aromatic nitrogens is 1. The van der Waals surface area contributed by atoms with Gasteiger partial charge in [-0.05, 0) is 18.2 Å². The zero-order chi connectivity index (χ0) is 13.1. The van der Waals surface area contributed by atoms with Gasteiger partial charge in [0.15, 0.2) is 0 Å². The van der Waals surface area contributed by atoms with Gasteiger partial charge in [-0.25, -0.2) is 0 Å². The van der Waals surface area contributed by atoms with E-state index in [1.54, 1.807) is 24.4 Å². The van der Waals surface area contributed by atoms with Crippen molar-refractivity contribution >= 4 is 22.6 Å². The van der Waals surface area contributed by atoms with Gasteiger partial charge in [-0.15, -0.1) is 0 Å². The first-order chi connectivity index (χ1) is 8.59. The lowest BCUT2D eigenvalue weighted by Crippen LogP contribution is -2.01. The van der Waals surface area contributed by atoms with Gasteiger partial charge >= 0.3 is 5.97 Å². The number of hydrogen-bond acceptors (Lipinski definition) is 5. The van der Waals surface area contributed by atoms with Crippen LogP contribution in [0.15, 0.2) is 30.5 Å². The number of non-ortho nitro benzene ring substituents is 1. The number of nitro benzene ring substituents is 1. The fraction of sp³-hybridized carbons (Fsp3) is 0.167. The summed E-state index contributed by atoms with van der Waals surface area (Å²) < 4.78 is 4.89. The Morgan fingerprint density at radius 2 is 2.22 bits per heavy atom. The van der Waals surface area contributed by atoms with E-state index in [0.29, 0.717) is 16.5 Å². The van der Waals surface area contributed by atoms with Crippen LogP contribution in [-0.4, -0.2) is 15.9 Å². The van der Waals surface area contributed by atoms with E-state index in [4.69, 9.17) is 4.74 Å². The van der Waals surface area contributed by atoms with Crippen LogP contribution in [0.3, 0.4) is 0 Å². The van der Waals surface area contributed by atoms with Crippen molar-refractivity contribution in [2.24, 2.45) is 0 Å². The second-order valence-electron chi connectivity index (χ2n) is 3.68. The van der Waals surface area contributed by atoms with Crippen molar-refractivity contribution in [3.8, 4) is 0 Å². The van der Waals surface area contributed by atoms with E-state index >= 15 is 0 Å². The number of hydrogen-bond donors (Lipinski definition) is 0. The molecule has 0 fully saturated rings. The van der Waals surface area contributed by atoms with E-state index in [2.05, 4.69) is 4.98 Å². The first-order valence-electron chi connectivity index (χ1n) is 5.24. The predicted octanol–water partition coefficient (Wildman–Crippen LogP) is 2.21. The molecule has 0 unspecified atom stereocenters. The molecule has 2 rings (SSSR count). The third kappa shape index (κ3) is 2.27. The Bertz CT molecular complexity index is 625. The maximum atomic E-state index is 10.9. The average molecular weight is 246 g/mol. The molecule has 0 radical (unpaired) electrons. The summed E-state index contributed by atoms with van der Waals surface area (Å²) in [6.07, 6.45) is 1.54. The lowest BCUT2D eigenvalue weighted by molar-refractivity contribution is -0.383. The molecule has 1 aromatic heterocycles. The van der Waals surface area contributed by atoms with E-state index < -0.39 is 10.9 Å². The quantitative estimate of drug-likeness (QED) is 0.471. The average Bonchev–Trinajstić information content (AvgIpc) is 2.35. The standard InChI is InChI=1S/C12H10N2O4/c1-8(15)18-7-9-4-5-11(14(16)17)10-3-2-6-13-12(9)10/h2-6H,7H2,1H3. The lowest BCUT2D eigenvalue weighted by Gasteiger charge is -2.06. The summed E-state index contributed by atoms with van der Waals surface area (Å²) in [7, 11) is 0. The second kappa shape index (κ2) is 4.79. The number of esters is 1. The number of pyridine rings is 1. The molecule has 0 aliphatic rings. The topological polar surface area (TPSA) is 82.3 Å². The van der Waals surface area contributed by atoms with Gasteiger partial charge < -0.3 is 4.74 Å². The second-order valence-corrected chi connectivity index (χ2v) is 3.68. The van der Waals surface area contributed by atoms with Crippen LogP contribution in [0.1, 0.15) is 12.5 Å². The van der Waals surface area contributed by atoms with Gasteiger partial charge in [-0.1, -0.05) is 0 Å². The molecule has 0 aliphatic heterocycles. The number of nitro groups is 1. The third-order valence-corrected chi connectivity index (χ3v) is 2.46. The molecule has 0 saturated heterocycles. The van der Waals surface area contributed by atoms with Crippen LogP contribution in [-0.2, 0) is 16.1 Å². The third-order valence-electron chi connectivity index (χ3n) is 2.46. The van der Waals surface area contributed by atoms with Crippen LogP contribution in [0.2, 0.25) is 0 Å². The Morgan fingerprint density at radius 3 is 2.89 bits per heavy atom. The summed E-state index contributed by atoms with van der Waals surface area (Å²) in [5.41, 5.74) is 1.11. The SMILES string of the molecule is CC(=O)OCc1ccc([N+](=O)[O-])c2cccnc12. The maximum absolute atomic E-state index is 10.9. The summed E-state index contributed by atoms with van der Waals surface area (Å²) in [5, 5.41) is 11.3. The van der Waals surface area contributed by atoms with E-state index in [1.165, 1.54) is 13.0 Å². The van der Waals surface area contributed by atoms with E-state index in [0.717, 1.165) is 0 Å². The van der Waals surface area contributed by atoms with Gasteiger partial charge in [0.25, 0.3) is 5.69 Å². The van der Waals surface area contributed by atoms with Crippen LogP contribution in [0.4, 0.5) is 5.69 Å². The summed E-state index contributed by atoms with van der Waals surface area (Å²) >= 11 is 0. The molecule has 2 aromatic rings. The number of fused-ring (bicyclic) bond motifs is 1. The Balaban J connectivity index is 2.53. The molecular formula is C12H10N2O4. The van der Waals surface area contributed by atoms with E-state index in [9.17, 15) is 14.9 Å². The minimum atomic E-state index is -0.459. The minimum Gasteiger partial charge on any atom is -0.461 e. The minimum absolute atomic E-state index is 0.00956. The predicted molar refractivity (Wildman–Crippen MR) is 63.9 cm³/mol. The highest BCUT2D eigenvalue weighted by Gasteiger charge is 2.15. The lowest BCUT2D eigenvalue weighted by atomic mass is 10.1. The number of ether oxygens (including phenoxy) is 1. The van der Waals surface area contributed by atoms with Gasteiger partial charge in [-0.2, -0.15) is 0 Å². The molecule has 0 aliphatic carbocycles. The molecule has 1 aromatic carbocycles. The molecule has 0 spiro atoms. The molecule has 0 bridgehead atoms. The van der Waals surface area contributed by atoms with Gasteiger partial charge in [-0.3, -0.25) is 19.9 Å². The highest BCUT2D eigenvalue weighted by molar-refractivity contribution is 5.90. The smallest absolute Gasteiger partial charge is 0.302 e.